The highest BCUT2D eigenvalue weighted by Crippen LogP contribution is 2.23. The van der Waals surface area contributed by atoms with Crippen LogP contribution in [0.3, 0.4) is 0 Å². The van der Waals surface area contributed by atoms with E-state index in [0.29, 0.717) is 9.88 Å². The number of aliphatic imine (C=N–C) groups is 1. The lowest BCUT2D eigenvalue weighted by molar-refractivity contribution is 0.0804. The molecule has 1 aromatic heterocycles. The number of thiophene rings is 1. The van der Waals surface area contributed by atoms with Gasteiger partial charge in [-0.3, -0.25) is 9.79 Å². The number of aliphatic hydroxyl groups is 2. The fourth-order valence-corrected chi connectivity index (χ4v) is 1.62. The lowest BCUT2D eigenvalue weighted by Gasteiger charge is -2.07. The molecule has 1 rings (SSSR count). The van der Waals surface area contributed by atoms with E-state index in [-0.39, 0.29) is 19.1 Å². The molecule has 0 spiro atoms. The minimum atomic E-state index is -0.925. The second-order valence-corrected chi connectivity index (χ2v) is 3.90. The molecule has 0 aliphatic carbocycles. The zero-order chi connectivity index (χ0) is 11.3. The van der Waals surface area contributed by atoms with Gasteiger partial charge in [0.25, 0.3) is 5.91 Å². The van der Waals surface area contributed by atoms with Crippen molar-refractivity contribution in [2.24, 2.45) is 4.99 Å². The van der Waals surface area contributed by atoms with Gasteiger partial charge in [0, 0.05) is 6.54 Å². The van der Waals surface area contributed by atoms with Crippen LogP contribution in [0.2, 0.25) is 0 Å². The van der Waals surface area contributed by atoms with Crippen molar-refractivity contribution in [2.45, 2.75) is 6.10 Å². The zero-order valence-electron chi connectivity index (χ0n) is 8.01. The number of hydrogen-bond donors (Lipinski definition) is 3. The molecule has 1 aromatic rings. The van der Waals surface area contributed by atoms with E-state index >= 15 is 0 Å². The molecule has 0 saturated heterocycles. The maximum Gasteiger partial charge on any atom is 0.261 e. The third kappa shape index (κ3) is 3.43. The predicted molar refractivity (Wildman–Crippen MR) is 59.0 cm³/mol. The number of carbonyl (C=O) groups is 1. The molecule has 0 aliphatic rings. The Kier molecular flexibility index (Phi) is 4.41. The molecule has 0 aliphatic heterocycles. The Bertz CT molecular complexity index is 351. The number of aliphatic hydroxyl groups excluding tert-OH is 2. The normalized spacial score (nSPS) is 12.1. The summed E-state index contributed by atoms with van der Waals surface area (Å²) in [5.41, 5.74) is 0. The van der Waals surface area contributed by atoms with Crippen molar-refractivity contribution in [1.82, 2.24) is 5.32 Å². The lowest BCUT2D eigenvalue weighted by Crippen LogP contribution is -2.33. The largest absolute Gasteiger partial charge is 0.394 e. The first-order valence-electron chi connectivity index (χ1n) is 4.31. The van der Waals surface area contributed by atoms with E-state index in [1.54, 1.807) is 12.1 Å². The summed E-state index contributed by atoms with van der Waals surface area (Å²) < 4.78 is 0. The molecular formula is C9H12N2O3S. The van der Waals surface area contributed by atoms with Crippen LogP contribution in [-0.2, 0) is 0 Å². The first kappa shape index (κ1) is 11.8. The molecule has 0 saturated carbocycles. The van der Waals surface area contributed by atoms with E-state index in [2.05, 4.69) is 17.0 Å². The maximum atomic E-state index is 11.4. The molecule has 1 atom stereocenters. The van der Waals surface area contributed by atoms with Gasteiger partial charge in [-0.2, -0.15) is 0 Å². The summed E-state index contributed by atoms with van der Waals surface area (Å²) in [5, 5.41) is 20.7. The van der Waals surface area contributed by atoms with Gasteiger partial charge in [-0.1, -0.05) is 0 Å². The van der Waals surface area contributed by atoms with Crippen molar-refractivity contribution in [2.75, 3.05) is 13.2 Å². The van der Waals surface area contributed by atoms with Crippen molar-refractivity contribution in [3.8, 4) is 0 Å². The number of nitrogens with one attached hydrogen (secondary N) is 1. The quantitative estimate of drug-likeness (QED) is 0.628. The molecule has 1 amide bonds. The van der Waals surface area contributed by atoms with Gasteiger partial charge < -0.3 is 15.5 Å². The number of rotatable bonds is 5. The second kappa shape index (κ2) is 5.59. The second-order valence-electron chi connectivity index (χ2n) is 2.84. The van der Waals surface area contributed by atoms with Crippen LogP contribution in [0, 0.1) is 0 Å². The van der Waals surface area contributed by atoms with E-state index in [9.17, 15) is 4.79 Å². The van der Waals surface area contributed by atoms with Gasteiger partial charge in [0.15, 0.2) is 0 Å². The van der Waals surface area contributed by atoms with Gasteiger partial charge in [-0.05, 0) is 18.9 Å². The number of amides is 1. The van der Waals surface area contributed by atoms with Gasteiger partial charge in [-0.25, -0.2) is 0 Å². The van der Waals surface area contributed by atoms with Gasteiger partial charge in [-0.15, -0.1) is 11.3 Å². The van der Waals surface area contributed by atoms with E-state index in [4.69, 9.17) is 10.2 Å². The summed E-state index contributed by atoms with van der Waals surface area (Å²) >= 11 is 1.21. The Morgan fingerprint density at radius 1 is 1.67 bits per heavy atom. The summed E-state index contributed by atoms with van der Waals surface area (Å²) in [6.45, 7) is 3.01. The van der Waals surface area contributed by atoms with Crippen LogP contribution in [0.15, 0.2) is 17.1 Å². The average molecular weight is 228 g/mol. The first-order chi connectivity index (χ1) is 7.17. The summed E-state index contributed by atoms with van der Waals surface area (Å²) in [5.74, 6) is -0.289. The molecule has 82 valence electrons. The smallest absolute Gasteiger partial charge is 0.261 e. The molecule has 0 aromatic carbocycles. The molecule has 5 nitrogen and oxygen atoms in total. The van der Waals surface area contributed by atoms with E-state index in [0.717, 1.165) is 0 Å². The Balaban J connectivity index is 2.50. The minimum Gasteiger partial charge on any atom is -0.394 e. The van der Waals surface area contributed by atoms with Crippen molar-refractivity contribution < 1.29 is 15.0 Å². The molecule has 0 unspecified atom stereocenters. The molecule has 1 heterocycles. The molecular weight excluding hydrogens is 216 g/mol. The lowest BCUT2D eigenvalue weighted by atomic mass is 10.3. The van der Waals surface area contributed by atoms with Gasteiger partial charge in [0.1, 0.15) is 5.00 Å². The van der Waals surface area contributed by atoms with Crippen molar-refractivity contribution in [3.05, 3.63) is 17.0 Å². The van der Waals surface area contributed by atoms with E-state index < -0.39 is 6.10 Å². The highest BCUT2D eigenvalue weighted by molar-refractivity contribution is 7.17. The van der Waals surface area contributed by atoms with Gasteiger partial charge in [0.2, 0.25) is 0 Å². The SMILES string of the molecule is C=Nc1ccc(C(=O)NC[C@H](O)CO)s1. The third-order valence-corrected chi connectivity index (χ3v) is 2.70. The predicted octanol–water partition coefficient (Wildman–Crippen LogP) is 0.163. The number of carbonyl (C=O) groups excluding carboxylic acids is 1. The van der Waals surface area contributed by atoms with Crippen LogP contribution in [0.25, 0.3) is 0 Å². The Morgan fingerprint density at radius 2 is 2.40 bits per heavy atom. The molecule has 0 bridgehead atoms. The Hall–Kier alpha value is -1.24. The third-order valence-electron chi connectivity index (χ3n) is 1.68. The Labute approximate surface area is 91.1 Å². The number of nitrogens with zero attached hydrogens (tertiary/aromatic N) is 1. The van der Waals surface area contributed by atoms with Crippen LogP contribution >= 0.6 is 11.3 Å². The first-order valence-corrected chi connectivity index (χ1v) is 5.12. The van der Waals surface area contributed by atoms with Crippen LogP contribution in [0.1, 0.15) is 9.67 Å². The van der Waals surface area contributed by atoms with Crippen LogP contribution < -0.4 is 5.32 Å². The van der Waals surface area contributed by atoms with E-state index in [1.165, 1.54) is 11.3 Å². The van der Waals surface area contributed by atoms with Crippen LogP contribution in [0.4, 0.5) is 5.00 Å². The molecule has 6 heteroatoms. The molecule has 0 radical (unpaired) electrons. The standard InChI is InChI=1S/C9H12N2O3S/c1-10-8-3-2-7(15-8)9(14)11-4-6(13)5-12/h2-3,6,12-13H,1,4-5H2,(H,11,14)/t6-/m0/s1. The minimum absolute atomic E-state index is 0.0318. The fraction of sp³-hybridized carbons (Fsp3) is 0.333. The van der Waals surface area contributed by atoms with Crippen LogP contribution in [-0.4, -0.2) is 42.1 Å². The molecule has 3 N–H and O–H groups in total. The fourth-order valence-electron chi connectivity index (χ4n) is 0.897. The van der Waals surface area contributed by atoms with E-state index in [1.807, 2.05) is 0 Å². The monoisotopic (exact) mass is 228 g/mol. The number of hydrogen-bond acceptors (Lipinski definition) is 5. The maximum absolute atomic E-state index is 11.4. The molecule has 0 fully saturated rings. The summed E-state index contributed by atoms with van der Waals surface area (Å²) in [7, 11) is 0. The van der Waals surface area contributed by atoms with Gasteiger partial charge >= 0.3 is 0 Å². The highest BCUT2D eigenvalue weighted by atomic mass is 32.1. The summed E-state index contributed by atoms with van der Waals surface area (Å²) in [4.78, 5) is 15.6. The summed E-state index contributed by atoms with van der Waals surface area (Å²) in [6.07, 6.45) is -0.925. The highest BCUT2D eigenvalue weighted by Gasteiger charge is 2.10. The summed E-state index contributed by atoms with van der Waals surface area (Å²) in [6, 6.07) is 3.32. The topological polar surface area (TPSA) is 81.9 Å². The van der Waals surface area contributed by atoms with Crippen molar-refractivity contribution in [1.29, 1.82) is 0 Å². The molecule has 15 heavy (non-hydrogen) atoms. The zero-order valence-corrected chi connectivity index (χ0v) is 8.83. The Morgan fingerprint density at radius 3 is 2.93 bits per heavy atom. The van der Waals surface area contributed by atoms with Gasteiger partial charge in [0.05, 0.1) is 17.6 Å². The van der Waals surface area contributed by atoms with Crippen molar-refractivity contribution >= 4 is 29.0 Å². The van der Waals surface area contributed by atoms with Crippen molar-refractivity contribution in [3.63, 3.8) is 0 Å². The average Bonchev–Trinajstić information content (AvgIpc) is 2.73. The van der Waals surface area contributed by atoms with Crippen LogP contribution in [0.5, 0.6) is 0 Å².